The monoisotopic (exact) mass is 381 g/mol. The molecule has 2 heterocycles. The second kappa shape index (κ2) is 6.45. The lowest BCUT2D eigenvalue weighted by atomic mass is 9.92. The van der Waals surface area contributed by atoms with Crippen molar-refractivity contribution in [3.63, 3.8) is 0 Å². The van der Waals surface area contributed by atoms with E-state index >= 15 is 0 Å². The Morgan fingerprint density at radius 1 is 1.18 bits per heavy atom. The average Bonchev–Trinajstić information content (AvgIpc) is 3.23. The molecule has 0 aromatic heterocycles. The van der Waals surface area contributed by atoms with E-state index in [0.717, 1.165) is 4.90 Å². The fourth-order valence-corrected chi connectivity index (χ4v) is 3.35. The SMILES string of the molecule is COc1ccc(N2C(=O)C[C@]3(CC(c4cccc([N+](=O)[O-])c4)=NO3)C2=O)cc1. The Morgan fingerprint density at radius 2 is 1.93 bits per heavy atom. The minimum Gasteiger partial charge on any atom is -0.497 e. The Morgan fingerprint density at radius 3 is 2.61 bits per heavy atom. The second-order valence-corrected chi connectivity index (χ2v) is 6.52. The van der Waals surface area contributed by atoms with Crippen molar-refractivity contribution in [1.29, 1.82) is 0 Å². The molecule has 1 fully saturated rings. The predicted octanol–water partition coefficient (Wildman–Crippen LogP) is 2.43. The van der Waals surface area contributed by atoms with Crippen LogP contribution in [0.15, 0.2) is 53.7 Å². The first kappa shape index (κ1) is 17.7. The number of hydrogen-bond donors (Lipinski definition) is 0. The molecule has 0 unspecified atom stereocenters. The molecule has 2 aromatic rings. The maximum atomic E-state index is 13.0. The van der Waals surface area contributed by atoms with Gasteiger partial charge in [0.1, 0.15) is 5.75 Å². The molecule has 0 saturated carbocycles. The lowest BCUT2D eigenvalue weighted by Crippen LogP contribution is -2.40. The number of hydrogen-bond acceptors (Lipinski definition) is 7. The zero-order chi connectivity index (χ0) is 19.9. The molecule has 9 heteroatoms. The summed E-state index contributed by atoms with van der Waals surface area (Å²) in [4.78, 5) is 42.5. The number of benzene rings is 2. The van der Waals surface area contributed by atoms with Gasteiger partial charge in [-0.1, -0.05) is 17.3 Å². The summed E-state index contributed by atoms with van der Waals surface area (Å²) >= 11 is 0. The number of nitrogens with zero attached hydrogens (tertiary/aromatic N) is 3. The van der Waals surface area contributed by atoms with Crippen LogP contribution < -0.4 is 9.64 Å². The van der Waals surface area contributed by atoms with E-state index in [2.05, 4.69) is 5.16 Å². The number of oxime groups is 1. The zero-order valence-corrected chi connectivity index (χ0v) is 14.8. The van der Waals surface area contributed by atoms with Gasteiger partial charge in [0.2, 0.25) is 11.5 Å². The summed E-state index contributed by atoms with van der Waals surface area (Å²) in [5.41, 5.74) is -0.220. The van der Waals surface area contributed by atoms with E-state index in [1.807, 2.05) is 0 Å². The van der Waals surface area contributed by atoms with Gasteiger partial charge in [0.05, 0.1) is 29.9 Å². The van der Waals surface area contributed by atoms with Crippen LogP contribution in [-0.2, 0) is 14.4 Å². The maximum Gasteiger partial charge on any atom is 0.281 e. The molecule has 2 aliphatic heterocycles. The van der Waals surface area contributed by atoms with E-state index in [1.165, 1.54) is 25.3 Å². The number of non-ortho nitro benzene ring substituents is 1. The molecular formula is C19H15N3O6. The van der Waals surface area contributed by atoms with E-state index in [4.69, 9.17) is 9.57 Å². The molecule has 0 aliphatic carbocycles. The van der Waals surface area contributed by atoms with Gasteiger partial charge in [-0.2, -0.15) is 0 Å². The Kier molecular flexibility index (Phi) is 4.07. The van der Waals surface area contributed by atoms with Crippen molar-refractivity contribution in [3.8, 4) is 5.75 Å². The minimum absolute atomic E-state index is 0.0609. The zero-order valence-electron chi connectivity index (χ0n) is 14.8. The smallest absolute Gasteiger partial charge is 0.281 e. The Hall–Kier alpha value is -3.75. The molecule has 1 saturated heterocycles. The quantitative estimate of drug-likeness (QED) is 0.457. The van der Waals surface area contributed by atoms with Gasteiger partial charge in [-0.05, 0) is 24.3 Å². The number of methoxy groups -OCH3 is 1. The molecule has 0 bridgehead atoms. The number of anilines is 1. The first-order valence-electron chi connectivity index (χ1n) is 8.45. The highest BCUT2D eigenvalue weighted by Crippen LogP contribution is 2.39. The van der Waals surface area contributed by atoms with E-state index in [-0.39, 0.29) is 18.5 Å². The molecule has 2 amide bonds. The molecule has 2 aromatic carbocycles. The lowest BCUT2D eigenvalue weighted by Gasteiger charge is -2.19. The van der Waals surface area contributed by atoms with E-state index in [1.54, 1.807) is 30.3 Å². The van der Waals surface area contributed by atoms with Gasteiger partial charge in [0.15, 0.2) is 0 Å². The number of nitro groups is 1. The number of carbonyl (C=O) groups is 2. The summed E-state index contributed by atoms with van der Waals surface area (Å²) in [5, 5.41) is 14.9. The van der Waals surface area contributed by atoms with Gasteiger partial charge >= 0.3 is 0 Å². The molecule has 0 N–H and O–H groups in total. The van der Waals surface area contributed by atoms with Gasteiger partial charge in [-0.15, -0.1) is 0 Å². The number of carbonyl (C=O) groups excluding carboxylic acids is 2. The first-order valence-corrected chi connectivity index (χ1v) is 8.45. The van der Waals surface area contributed by atoms with Crippen LogP contribution in [0.2, 0.25) is 0 Å². The van der Waals surface area contributed by atoms with Crippen LogP contribution in [0.25, 0.3) is 0 Å². The van der Waals surface area contributed by atoms with Gasteiger partial charge in [-0.3, -0.25) is 19.7 Å². The van der Waals surface area contributed by atoms with Crippen molar-refractivity contribution in [3.05, 3.63) is 64.2 Å². The van der Waals surface area contributed by atoms with Gasteiger partial charge in [0.25, 0.3) is 11.6 Å². The van der Waals surface area contributed by atoms with Crippen LogP contribution in [0.1, 0.15) is 18.4 Å². The molecule has 28 heavy (non-hydrogen) atoms. The fourth-order valence-electron chi connectivity index (χ4n) is 3.35. The Bertz CT molecular complexity index is 1020. The third kappa shape index (κ3) is 2.77. The van der Waals surface area contributed by atoms with Crippen LogP contribution in [0.3, 0.4) is 0 Å². The fraction of sp³-hybridized carbons (Fsp3) is 0.211. The summed E-state index contributed by atoms with van der Waals surface area (Å²) < 4.78 is 5.09. The molecular weight excluding hydrogens is 366 g/mol. The van der Waals surface area contributed by atoms with Crippen molar-refractivity contribution in [1.82, 2.24) is 0 Å². The normalized spacial score (nSPS) is 21.0. The molecule has 1 atom stereocenters. The molecule has 4 rings (SSSR count). The number of ether oxygens (including phenoxy) is 1. The largest absolute Gasteiger partial charge is 0.497 e. The summed E-state index contributed by atoms with van der Waals surface area (Å²) in [6.07, 6.45) is -0.0921. The number of nitro benzene ring substituents is 1. The highest BCUT2D eigenvalue weighted by atomic mass is 16.7. The Labute approximate surface area is 159 Å². The summed E-state index contributed by atoms with van der Waals surface area (Å²) in [7, 11) is 1.52. The maximum absolute atomic E-state index is 13.0. The van der Waals surface area contributed by atoms with Crippen LogP contribution in [0.5, 0.6) is 5.75 Å². The van der Waals surface area contributed by atoms with Crippen LogP contribution in [0.4, 0.5) is 11.4 Å². The molecule has 0 radical (unpaired) electrons. The molecule has 2 aliphatic rings. The van der Waals surface area contributed by atoms with E-state index in [9.17, 15) is 19.7 Å². The van der Waals surface area contributed by atoms with Crippen molar-refractivity contribution in [2.45, 2.75) is 18.4 Å². The molecule has 9 nitrogen and oxygen atoms in total. The standard InChI is InChI=1S/C19H15N3O6/c1-27-15-7-5-13(6-8-15)21-17(23)11-19(18(21)24)10-16(20-28-19)12-3-2-4-14(9-12)22(25)26/h2-9H,10-11H2,1H3/t19-/m1/s1. The van der Waals surface area contributed by atoms with Crippen LogP contribution >= 0.6 is 0 Å². The summed E-state index contributed by atoms with van der Waals surface area (Å²) in [5.74, 6) is -0.302. The van der Waals surface area contributed by atoms with Gasteiger partial charge in [0, 0.05) is 24.1 Å². The summed E-state index contributed by atoms with van der Waals surface area (Å²) in [6.45, 7) is 0. The van der Waals surface area contributed by atoms with Gasteiger partial charge < -0.3 is 9.57 Å². The molecule has 1 spiro atoms. The topological polar surface area (TPSA) is 111 Å². The van der Waals surface area contributed by atoms with Gasteiger partial charge in [-0.25, -0.2) is 4.90 Å². The molecule has 142 valence electrons. The first-order chi connectivity index (χ1) is 13.4. The second-order valence-electron chi connectivity index (χ2n) is 6.52. The highest BCUT2D eigenvalue weighted by molar-refractivity contribution is 6.25. The van der Waals surface area contributed by atoms with Crippen molar-refractivity contribution >= 4 is 28.9 Å². The summed E-state index contributed by atoms with van der Waals surface area (Å²) in [6, 6.07) is 12.5. The number of amides is 2. The van der Waals surface area contributed by atoms with Crippen molar-refractivity contribution in [2.75, 3.05) is 12.0 Å². The number of rotatable bonds is 4. The minimum atomic E-state index is -1.42. The van der Waals surface area contributed by atoms with E-state index in [0.29, 0.717) is 22.7 Å². The van der Waals surface area contributed by atoms with E-state index < -0.39 is 22.3 Å². The van der Waals surface area contributed by atoms with Crippen molar-refractivity contribution in [2.24, 2.45) is 5.16 Å². The Balaban J connectivity index is 1.59. The van der Waals surface area contributed by atoms with Crippen LogP contribution in [-0.4, -0.2) is 35.2 Å². The van der Waals surface area contributed by atoms with Crippen LogP contribution in [0, 0.1) is 10.1 Å². The van der Waals surface area contributed by atoms with Crippen molar-refractivity contribution < 1.29 is 24.1 Å². The predicted molar refractivity (Wildman–Crippen MR) is 98.2 cm³/mol. The third-order valence-corrected chi connectivity index (χ3v) is 4.78. The number of imide groups is 1. The highest BCUT2D eigenvalue weighted by Gasteiger charge is 2.58. The lowest BCUT2D eigenvalue weighted by molar-refractivity contribution is -0.384. The average molecular weight is 381 g/mol. The third-order valence-electron chi connectivity index (χ3n) is 4.78.